The van der Waals surface area contributed by atoms with Crippen molar-refractivity contribution in [3.8, 4) is 0 Å². The number of rotatable bonds is 0. The molecule has 18 heavy (non-hydrogen) atoms. The van der Waals surface area contributed by atoms with Gasteiger partial charge in [0.15, 0.2) is 0 Å². The number of amidine groups is 1. The molecule has 2 aliphatic rings. The van der Waals surface area contributed by atoms with E-state index in [0.717, 1.165) is 45.0 Å². The lowest BCUT2D eigenvalue weighted by molar-refractivity contribution is 0.198. The molecule has 0 unspecified atom stereocenters. The summed E-state index contributed by atoms with van der Waals surface area (Å²) in [6.07, 6.45) is 2.16. The molecule has 0 atom stereocenters. The zero-order chi connectivity index (χ0) is 12.2. The molecule has 0 saturated carbocycles. The van der Waals surface area contributed by atoms with Crippen molar-refractivity contribution in [2.75, 3.05) is 26.4 Å². The highest BCUT2D eigenvalue weighted by Gasteiger charge is 2.20. The Hall–Kier alpha value is -1.55. The number of fused-ring (bicyclic) bond motifs is 1. The van der Waals surface area contributed by atoms with Gasteiger partial charge in [0.05, 0.1) is 0 Å². The molecule has 2 heterocycles. The molecule has 1 N–H and O–H groups in total. The van der Waals surface area contributed by atoms with Gasteiger partial charge in [-0.3, -0.25) is 5.32 Å². The van der Waals surface area contributed by atoms with Crippen LogP contribution in [0.15, 0.2) is 29.3 Å². The third-order valence-electron chi connectivity index (χ3n) is 3.46. The SMILES string of the molecule is c1ccc2c(c1)CCN(C1=NCCCNCO1)C2. The first kappa shape index (κ1) is 11.5. The van der Waals surface area contributed by atoms with Crippen LogP contribution in [0.3, 0.4) is 0 Å². The van der Waals surface area contributed by atoms with Crippen LogP contribution in [0.5, 0.6) is 0 Å². The second-order valence-corrected chi connectivity index (χ2v) is 4.75. The average molecular weight is 245 g/mol. The Kier molecular flexibility index (Phi) is 3.46. The minimum atomic E-state index is 0.566. The van der Waals surface area contributed by atoms with Gasteiger partial charge in [-0.25, -0.2) is 4.99 Å². The van der Waals surface area contributed by atoms with E-state index in [9.17, 15) is 0 Å². The van der Waals surface area contributed by atoms with Gasteiger partial charge < -0.3 is 9.64 Å². The molecule has 0 aromatic heterocycles. The number of hydrogen-bond donors (Lipinski definition) is 1. The lowest BCUT2D eigenvalue weighted by Crippen LogP contribution is -2.40. The smallest absolute Gasteiger partial charge is 0.288 e. The van der Waals surface area contributed by atoms with E-state index in [1.807, 2.05) is 0 Å². The maximum Gasteiger partial charge on any atom is 0.288 e. The van der Waals surface area contributed by atoms with E-state index in [1.165, 1.54) is 11.1 Å². The summed E-state index contributed by atoms with van der Waals surface area (Å²) in [4.78, 5) is 6.81. The lowest BCUT2D eigenvalue weighted by Gasteiger charge is -2.31. The highest BCUT2D eigenvalue weighted by molar-refractivity contribution is 5.74. The molecule has 0 saturated heterocycles. The topological polar surface area (TPSA) is 36.9 Å². The van der Waals surface area contributed by atoms with E-state index >= 15 is 0 Å². The Morgan fingerprint density at radius 3 is 3.06 bits per heavy atom. The maximum absolute atomic E-state index is 5.70. The second kappa shape index (κ2) is 5.40. The van der Waals surface area contributed by atoms with E-state index in [2.05, 4.69) is 39.5 Å². The minimum Gasteiger partial charge on any atom is -0.449 e. The van der Waals surface area contributed by atoms with Gasteiger partial charge in [0.1, 0.15) is 6.73 Å². The Morgan fingerprint density at radius 2 is 2.11 bits per heavy atom. The number of nitrogens with one attached hydrogen (secondary N) is 1. The Bertz CT molecular complexity index is 444. The van der Waals surface area contributed by atoms with Crippen LogP contribution in [0.4, 0.5) is 0 Å². The van der Waals surface area contributed by atoms with Gasteiger partial charge in [0, 0.05) is 19.6 Å². The summed E-state index contributed by atoms with van der Waals surface area (Å²) in [6.45, 7) is 4.31. The molecule has 1 aromatic carbocycles. The molecule has 1 aromatic rings. The number of hydrogen-bond acceptors (Lipinski definition) is 4. The second-order valence-electron chi connectivity index (χ2n) is 4.75. The van der Waals surface area contributed by atoms with Crippen LogP contribution in [0, 0.1) is 0 Å². The van der Waals surface area contributed by atoms with Crippen molar-refractivity contribution in [3.63, 3.8) is 0 Å². The normalized spacial score (nSPS) is 20.2. The largest absolute Gasteiger partial charge is 0.449 e. The molecule has 0 fully saturated rings. The number of aliphatic imine (C=N–C) groups is 1. The molecule has 96 valence electrons. The molecule has 4 heteroatoms. The van der Waals surface area contributed by atoms with Gasteiger partial charge in [-0.15, -0.1) is 0 Å². The van der Waals surface area contributed by atoms with Gasteiger partial charge in [0.25, 0.3) is 6.02 Å². The number of ether oxygens (including phenoxy) is 1. The van der Waals surface area contributed by atoms with Crippen LogP contribution in [-0.2, 0) is 17.7 Å². The van der Waals surface area contributed by atoms with Crippen molar-refractivity contribution >= 4 is 6.02 Å². The quantitative estimate of drug-likeness (QED) is 0.750. The average Bonchev–Trinajstić information content (AvgIpc) is 2.38. The van der Waals surface area contributed by atoms with Crippen LogP contribution in [0.25, 0.3) is 0 Å². The van der Waals surface area contributed by atoms with Crippen molar-refractivity contribution < 1.29 is 4.74 Å². The van der Waals surface area contributed by atoms with E-state index in [4.69, 9.17) is 4.74 Å². The molecule has 0 radical (unpaired) electrons. The fraction of sp³-hybridized carbons (Fsp3) is 0.500. The van der Waals surface area contributed by atoms with E-state index in [0.29, 0.717) is 6.73 Å². The number of nitrogens with zero attached hydrogens (tertiary/aromatic N) is 2. The zero-order valence-corrected chi connectivity index (χ0v) is 10.6. The van der Waals surface area contributed by atoms with E-state index < -0.39 is 0 Å². The summed E-state index contributed by atoms with van der Waals surface area (Å²) < 4.78 is 5.70. The monoisotopic (exact) mass is 245 g/mol. The Labute approximate surface area is 108 Å². The molecular weight excluding hydrogens is 226 g/mol. The molecule has 0 amide bonds. The van der Waals surface area contributed by atoms with Crippen molar-refractivity contribution in [1.29, 1.82) is 0 Å². The standard InChI is InChI=1S/C14H19N3O/c1-2-5-13-10-17(9-6-12(13)4-1)14-16-8-3-7-15-11-18-14/h1-2,4-5,15H,3,6-11H2. The molecule has 4 nitrogen and oxygen atoms in total. The highest BCUT2D eigenvalue weighted by Crippen LogP contribution is 2.19. The third kappa shape index (κ3) is 2.48. The predicted octanol–water partition coefficient (Wildman–Crippen LogP) is 1.37. The Morgan fingerprint density at radius 1 is 1.22 bits per heavy atom. The summed E-state index contributed by atoms with van der Waals surface area (Å²) in [5.74, 6) is 0. The lowest BCUT2D eigenvalue weighted by atomic mass is 10.0. The van der Waals surface area contributed by atoms with Crippen molar-refractivity contribution in [2.24, 2.45) is 4.99 Å². The first-order valence-corrected chi connectivity index (χ1v) is 6.63. The van der Waals surface area contributed by atoms with Gasteiger partial charge in [-0.1, -0.05) is 24.3 Å². The summed E-state index contributed by atoms with van der Waals surface area (Å²) in [7, 11) is 0. The van der Waals surface area contributed by atoms with Crippen LogP contribution in [0.2, 0.25) is 0 Å². The summed E-state index contributed by atoms with van der Waals surface area (Å²) >= 11 is 0. The molecular formula is C14H19N3O. The van der Waals surface area contributed by atoms with Crippen LogP contribution in [-0.4, -0.2) is 37.3 Å². The third-order valence-corrected chi connectivity index (χ3v) is 3.46. The first-order chi connectivity index (χ1) is 8.93. The zero-order valence-electron chi connectivity index (χ0n) is 10.6. The van der Waals surface area contributed by atoms with Gasteiger partial charge >= 0.3 is 0 Å². The van der Waals surface area contributed by atoms with Crippen LogP contribution in [0.1, 0.15) is 17.5 Å². The number of benzene rings is 1. The summed E-state index contributed by atoms with van der Waals surface area (Å²) in [5.41, 5.74) is 2.85. The molecule has 3 rings (SSSR count). The molecule has 2 aliphatic heterocycles. The van der Waals surface area contributed by atoms with Crippen LogP contribution >= 0.6 is 0 Å². The predicted molar refractivity (Wildman–Crippen MR) is 71.4 cm³/mol. The van der Waals surface area contributed by atoms with Gasteiger partial charge in [-0.2, -0.15) is 0 Å². The minimum absolute atomic E-state index is 0.566. The maximum atomic E-state index is 5.70. The first-order valence-electron chi connectivity index (χ1n) is 6.63. The van der Waals surface area contributed by atoms with Gasteiger partial charge in [-0.05, 0) is 30.5 Å². The van der Waals surface area contributed by atoms with Crippen LogP contribution < -0.4 is 5.32 Å². The van der Waals surface area contributed by atoms with Gasteiger partial charge in [0.2, 0.25) is 0 Å². The Balaban J connectivity index is 1.74. The summed E-state index contributed by atoms with van der Waals surface area (Å²) in [6, 6.07) is 9.43. The van der Waals surface area contributed by atoms with Crippen molar-refractivity contribution in [3.05, 3.63) is 35.4 Å². The fourth-order valence-corrected chi connectivity index (χ4v) is 2.46. The highest BCUT2D eigenvalue weighted by atomic mass is 16.5. The molecule has 0 spiro atoms. The summed E-state index contributed by atoms with van der Waals surface area (Å²) in [5, 5.41) is 3.25. The van der Waals surface area contributed by atoms with Crippen molar-refractivity contribution in [2.45, 2.75) is 19.4 Å². The van der Waals surface area contributed by atoms with Crippen molar-refractivity contribution in [1.82, 2.24) is 10.2 Å². The van der Waals surface area contributed by atoms with E-state index in [-0.39, 0.29) is 0 Å². The fourth-order valence-electron chi connectivity index (χ4n) is 2.46. The molecule has 0 aliphatic carbocycles. The molecule has 0 bridgehead atoms. The van der Waals surface area contributed by atoms with E-state index in [1.54, 1.807) is 0 Å².